The molecule has 4 heteroatoms. The highest BCUT2D eigenvalue weighted by Crippen LogP contribution is 2.40. The van der Waals surface area contributed by atoms with Crippen LogP contribution in [0.3, 0.4) is 0 Å². The van der Waals surface area contributed by atoms with Gasteiger partial charge in [0.25, 0.3) is 0 Å². The number of nitriles is 1. The summed E-state index contributed by atoms with van der Waals surface area (Å²) in [5.41, 5.74) is 0.457. The number of hydrogen-bond acceptors (Lipinski definition) is 3. The molecule has 1 aromatic rings. The van der Waals surface area contributed by atoms with Crippen LogP contribution in [0.25, 0.3) is 0 Å². The van der Waals surface area contributed by atoms with Gasteiger partial charge in [0.15, 0.2) is 11.5 Å². The van der Waals surface area contributed by atoms with E-state index in [1.54, 1.807) is 21.3 Å². The van der Waals surface area contributed by atoms with Crippen molar-refractivity contribution in [3.05, 3.63) is 23.8 Å². The summed E-state index contributed by atoms with van der Waals surface area (Å²) in [5.74, 6) is 1.55. The second-order valence-electron chi connectivity index (χ2n) is 5.45. The van der Waals surface area contributed by atoms with E-state index in [4.69, 9.17) is 9.47 Å². The highest BCUT2D eigenvalue weighted by Gasteiger charge is 2.36. The number of methoxy groups -OCH3 is 2. The predicted octanol–water partition coefficient (Wildman–Crippen LogP) is 3.14. The minimum absolute atomic E-state index is 0.206. The Morgan fingerprint density at radius 3 is 2.38 bits per heavy atom. The monoisotopic (exact) mass is 289 g/mol. The second kappa shape index (κ2) is 7.90. The molecule has 4 nitrogen and oxygen atoms in total. The summed E-state index contributed by atoms with van der Waals surface area (Å²) < 4.78 is 10.6. The topological polar surface area (TPSA) is 56.4 Å². The van der Waals surface area contributed by atoms with Gasteiger partial charge in [-0.05, 0) is 36.5 Å². The minimum atomic E-state index is -0.524. The molecule has 1 unspecified atom stereocenters. The second-order valence-corrected chi connectivity index (χ2v) is 5.45. The van der Waals surface area contributed by atoms with Crippen molar-refractivity contribution in [2.24, 2.45) is 5.92 Å². The van der Waals surface area contributed by atoms with E-state index in [0.29, 0.717) is 11.5 Å². The van der Waals surface area contributed by atoms with E-state index in [1.807, 2.05) is 18.2 Å². The number of rotatable bonds is 8. The van der Waals surface area contributed by atoms with Crippen molar-refractivity contribution in [3.63, 3.8) is 0 Å². The van der Waals surface area contributed by atoms with Gasteiger partial charge in [0, 0.05) is 13.6 Å². The zero-order valence-electron chi connectivity index (χ0n) is 13.6. The minimum Gasteiger partial charge on any atom is -0.493 e. The van der Waals surface area contributed by atoms with E-state index in [1.165, 1.54) is 0 Å². The van der Waals surface area contributed by atoms with Crippen LogP contribution in [0.1, 0.15) is 32.3 Å². The molecule has 115 valence electrons. The summed E-state index contributed by atoms with van der Waals surface area (Å²) in [6, 6.07) is 8.30. The molecule has 1 aromatic carbocycles. The molecule has 0 spiro atoms. The smallest absolute Gasteiger partial charge is 0.161 e. The standard InChI is InChI=1S/C17H25N2O2/c1-13(2)17(12-18,9-6-10-19-3)14-7-8-15(20-4)16(11-14)21-5/h7-8,11,13H,6,9-10H2,1-5H3. The number of ether oxygens (including phenoxy) is 2. The fraction of sp³-hybridized carbons (Fsp3) is 0.588. The van der Waals surface area contributed by atoms with Crippen molar-refractivity contribution in [1.29, 1.82) is 5.26 Å². The Kier molecular flexibility index (Phi) is 6.51. The van der Waals surface area contributed by atoms with Gasteiger partial charge in [-0.2, -0.15) is 5.26 Å². The molecule has 0 heterocycles. The summed E-state index contributed by atoms with van der Waals surface area (Å²) in [5, 5.41) is 14.0. The first-order valence-corrected chi connectivity index (χ1v) is 7.25. The van der Waals surface area contributed by atoms with Crippen LogP contribution in [0.15, 0.2) is 18.2 Å². The molecule has 0 fully saturated rings. The van der Waals surface area contributed by atoms with Crippen LogP contribution < -0.4 is 14.8 Å². The van der Waals surface area contributed by atoms with E-state index in [2.05, 4.69) is 25.2 Å². The average molecular weight is 289 g/mol. The first-order chi connectivity index (χ1) is 10.1. The summed E-state index contributed by atoms with van der Waals surface area (Å²) in [7, 11) is 5.03. The fourth-order valence-corrected chi connectivity index (χ4v) is 2.65. The lowest BCUT2D eigenvalue weighted by atomic mass is 9.70. The van der Waals surface area contributed by atoms with Gasteiger partial charge in [-0.3, -0.25) is 0 Å². The molecule has 21 heavy (non-hydrogen) atoms. The Morgan fingerprint density at radius 2 is 1.90 bits per heavy atom. The summed E-state index contributed by atoms with van der Waals surface area (Å²) >= 11 is 0. The van der Waals surface area contributed by atoms with Crippen LogP contribution >= 0.6 is 0 Å². The van der Waals surface area contributed by atoms with Gasteiger partial charge in [-0.1, -0.05) is 19.9 Å². The van der Waals surface area contributed by atoms with E-state index < -0.39 is 5.41 Å². The molecule has 0 saturated carbocycles. The van der Waals surface area contributed by atoms with E-state index in [0.717, 1.165) is 24.9 Å². The highest BCUT2D eigenvalue weighted by molar-refractivity contribution is 5.47. The summed E-state index contributed by atoms with van der Waals surface area (Å²) in [6.07, 6.45) is 1.69. The van der Waals surface area contributed by atoms with Crippen molar-refractivity contribution >= 4 is 0 Å². The number of benzene rings is 1. The lowest BCUT2D eigenvalue weighted by Crippen LogP contribution is -2.31. The molecule has 1 atom stereocenters. The molecule has 0 aliphatic carbocycles. The van der Waals surface area contributed by atoms with Crippen LogP contribution in [-0.2, 0) is 5.41 Å². The third kappa shape index (κ3) is 3.68. The molecule has 0 saturated heterocycles. The Balaban J connectivity index is 3.23. The molecule has 0 amide bonds. The lowest BCUT2D eigenvalue weighted by Gasteiger charge is -2.32. The van der Waals surface area contributed by atoms with Crippen LogP contribution in [0, 0.1) is 17.2 Å². The molecule has 0 N–H and O–H groups in total. The normalized spacial score (nSPS) is 13.6. The molecule has 0 bridgehead atoms. The Hall–Kier alpha value is -1.73. The van der Waals surface area contributed by atoms with Crippen molar-refractivity contribution in [1.82, 2.24) is 5.32 Å². The molecular weight excluding hydrogens is 264 g/mol. The lowest BCUT2D eigenvalue weighted by molar-refractivity contribution is 0.341. The zero-order valence-corrected chi connectivity index (χ0v) is 13.6. The Morgan fingerprint density at radius 1 is 1.24 bits per heavy atom. The summed E-state index contributed by atoms with van der Waals surface area (Å²) in [4.78, 5) is 0. The van der Waals surface area contributed by atoms with Crippen LogP contribution in [0.2, 0.25) is 0 Å². The van der Waals surface area contributed by atoms with Crippen LogP contribution in [0.5, 0.6) is 11.5 Å². The Bertz CT molecular complexity index is 494. The van der Waals surface area contributed by atoms with Crippen molar-refractivity contribution < 1.29 is 9.47 Å². The van der Waals surface area contributed by atoms with Crippen molar-refractivity contribution in [3.8, 4) is 17.6 Å². The predicted molar refractivity (Wildman–Crippen MR) is 83.8 cm³/mol. The molecule has 0 aromatic heterocycles. The fourth-order valence-electron chi connectivity index (χ4n) is 2.65. The first-order valence-electron chi connectivity index (χ1n) is 7.25. The van der Waals surface area contributed by atoms with Gasteiger partial charge < -0.3 is 9.47 Å². The number of hydrogen-bond donors (Lipinski definition) is 0. The van der Waals surface area contributed by atoms with E-state index >= 15 is 0 Å². The highest BCUT2D eigenvalue weighted by atomic mass is 16.5. The maximum Gasteiger partial charge on any atom is 0.161 e. The zero-order chi connectivity index (χ0) is 15.9. The third-order valence-electron chi connectivity index (χ3n) is 4.04. The Labute approximate surface area is 128 Å². The molecular formula is C17H25N2O2. The largest absolute Gasteiger partial charge is 0.493 e. The molecule has 1 rings (SSSR count). The first kappa shape index (κ1) is 17.3. The van der Waals surface area contributed by atoms with Crippen molar-refractivity contribution in [2.75, 3.05) is 27.8 Å². The average Bonchev–Trinajstić information content (AvgIpc) is 2.51. The molecule has 0 aliphatic rings. The van der Waals surface area contributed by atoms with Gasteiger partial charge in [0.05, 0.1) is 25.7 Å². The van der Waals surface area contributed by atoms with Gasteiger partial charge >= 0.3 is 0 Å². The summed E-state index contributed by atoms with van der Waals surface area (Å²) in [6.45, 7) is 4.95. The van der Waals surface area contributed by atoms with E-state index in [9.17, 15) is 5.26 Å². The van der Waals surface area contributed by atoms with Crippen LogP contribution in [-0.4, -0.2) is 27.8 Å². The third-order valence-corrected chi connectivity index (χ3v) is 4.04. The van der Waals surface area contributed by atoms with Crippen LogP contribution in [0.4, 0.5) is 0 Å². The molecule has 0 aliphatic heterocycles. The SMILES string of the molecule is C[N]CCCC(C#N)(c1ccc(OC)c(OC)c1)C(C)C. The van der Waals surface area contributed by atoms with Gasteiger partial charge in [-0.15, -0.1) is 0 Å². The van der Waals surface area contributed by atoms with Crippen molar-refractivity contribution in [2.45, 2.75) is 32.1 Å². The maximum absolute atomic E-state index is 9.84. The molecule has 1 radical (unpaired) electrons. The van der Waals surface area contributed by atoms with Gasteiger partial charge in [-0.25, -0.2) is 5.32 Å². The quantitative estimate of drug-likeness (QED) is 0.691. The van der Waals surface area contributed by atoms with E-state index in [-0.39, 0.29) is 5.92 Å². The maximum atomic E-state index is 9.84. The van der Waals surface area contributed by atoms with Gasteiger partial charge in [0.1, 0.15) is 0 Å². The van der Waals surface area contributed by atoms with Gasteiger partial charge in [0.2, 0.25) is 0 Å². The number of nitrogens with zero attached hydrogens (tertiary/aromatic N) is 2.